The van der Waals surface area contributed by atoms with Gasteiger partial charge in [0, 0.05) is 19.2 Å². The molecule has 1 saturated heterocycles. The molecule has 0 aromatic heterocycles. The summed E-state index contributed by atoms with van der Waals surface area (Å²) in [5, 5.41) is 6.41. The highest BCUT2D eigenvalue weighted by Gasteiger charge is 2.24. The molecule has 2 N–H and O–H groups in total. The second-order valence-electron chi connectivity index (χ2n) is 6.03. The minimum absolute atomic E-state index is 0.104. The Morgan fingerprint density at radius 1 is 1.37 bits per heavy atom. The lowest BCUT2D eigenvalue weighted by Crippen LogP contribution is -2.49. The Labute approximate surface area is 117 Å². The van der Waals surface area contributed by atoms with Crippen molar-refractivity contribution in [2.24, 2.45) is 5.92 Å². The molecule has 19 heavy (non-hydrogen) atoms. The van der Waals surface area contributed by atoms with Crippen molar-refractivity contribution in [3.63, 3.8) is 0 Å². The Morgan fingerprint density at radius 3 is 2.74 bits per heavy atom. The summed E-state index contributed by atoms with van der Waals surface area (Å²) < 4.78 is 5.73. The van der Waals surface area contributed by atoms with Crippen LogP contribution in [-0.2, 0) is 9.53 Å². The lowest BCUT2D eigenvalue weighted by molar-refractivity contribution is -0.123. The molecule has 0 radical (unpaired) electrons. The van der Waals surface area contributed by atoms with Gasteiger partial charge in [-0.3, -0.25) is 4.79 Å². The summed E-state index contributed by atoms with van der Waals surface area (Å²) in [7, 11) is 0. The predicted molar refractivity (Wildman–Crippen MR) is 78.1 cm³/mol. The number of carbonyl (C=O) groups is 1. The summed E-state index contributed by atoms with van der Waals surface area (Å²) in [6.45, 7) is 9.89. The van der Waals surface area contributed by atoms with E-state index in [1.807, 2.05) is 6.92 Å². The first-order valence-corrected chi connectivity index (χ1v) is 7.68. The van der Waals surface area contributed by atoms with E-state index in [1.54, 1.807) is 0 Å². The van der Waals surface area contributed by atoms with E-state index in [1.165, 1.54) is 0 Å². The van der Waals surface area contributed by atoms with Crippen LogP contribution in [0.25, 0.3) is 0 Å². The van der Waals surface area contributed by atoms with Gasteiger partial charge in [-0.2, -0.15) is 0 Å². The van der Waals surface area contributed by atoms with Crippen molar-refractivity contribution in [2.45, 2.75) is 71.6 Å². The number of hydrogen-bond donors (Lipinski definition) is 2. The molecular formula is C15H30N2O2. The van der Waals surface area contributed by atoms with Gasteiger partial charge in [0.1, 0.15) is 0 Å². The third-order valence-electron chi connectivity index (χ3n) is 3.54. The number of amides is 1. The number of ether oxygens (including phenoxy) is 1. The molecule has 4 nitrogen and oxygen atoms in total. The smallest absolute Gasteiger partial charge is 0.236 e. The Hall–Kier alpha value is -0.610. The Balaban J connectivity index is 2.30. The van der Waals surface area contributed by atoms with Gasteiger partial charge < -0.3 is 15.4 Å². The zero-order chi connectivity index (χ0) is 14.3. The summed E-state index contributed by atoms with van der Waals surface area (Å²) in [5.41, 5.74) is 0. The number of carbonyl (C=O) groups excluding carboxylic acids is 1. The van der Waals surface area contributed by atoms with E-state index in [0.29, 0.717) is 18.1 Å². The molecule has 0 aromatic carbocycles. The minimum Gasteiger partial charge on any atom is -0.378 e. The molecule has 1 rings (SSSR count). The van der Waals surface area contributed by atoms with Crippen LogP contribution < -0.4 is 10.6 Å². The maximum absolute atomic E-state index is 11.9. The topological polar surface area (TPSA) is 50.4 Å². The Morgan fingerprint density at radius 2 is 2.11 bits per heavy atom. The van der Waals surface area contributed by atoms with Gasteiger partial charge in [0.15, 0.2) is 0 Å². The summed E-state index contributed by atoms with van der Waals surface area (Å²) in [6, 6.07) is 0.286. The van der Waals surface area contributed by atoms with E-state index >= 15 is 0 Å². The first-order valence-electron chi connectivity index (χ1n) is 7.68. The fourth-order valence-corrected chi connectivity index (χ4v) is 2.44. The van der Waals surface area contributed by atoms with Crippen molar-refractivity contribution in [3.8, 4) is 0 Å². The van der Waals surface area contributed by atoms with Gasteiger partial charge in [0.05, 0.1) is 12.1 Å². The van der Waals surface area contributed by atoms with Crippen molar-refractivity contribution < 1.29 is 9.53 Å². The third-order valence-corrected chi connectivity index (χ3v) is 3.54. The maximum atomic E-state index is 11.9. The minimum atomic E-state index is -0.121. The molecule has 1 fully saturated rings. The molecule has 4 heteroatoms. The van der Waals surface area contributed by atoms with Crippen LogP contribution in [0, 0.1) is 5.92 Å². The van der Waals surface area contributed by atoms with Crippen molar-refractivity contribution >= 4 is 5.91 Å². The maximum Gasteiger partial charge on any atom is 0.236 e. The molecule has 1 amide bonds. The van der Waals surface area contributed by atoms with Gasteiger partial charge in [-0.25, -0.2) is 0 Å². The number of hydrogen-bond acceptors (Lipinski definition) is 3. The molecule has 1 aliphatic heterocycles. The Kier molecular flexibility index (Phi) is 7.39. The van der Waals surface area contributed by atoms with Crippen molar-refractivity contribution in [1.82, 2.24) is 10.6 Å². The van der Waals surface area contributed by atoms with E-state index in [-0.39, 0.29) is 11.9 Å². The lowest BCUT2D eigenvalue weighted by Gasteiger charge is -2.31. The first-order chi connectivity index (χ1) is 9.02. The lowest BCUT2D eigenvalue weighted by atomic mass is 9.99. The van der Waals surface area contributed by atoms with Gasteiger partial charge in [-0.05, 0) is 32.1 Å². The molecular weight excluding hydrogens is 240 g/mol. The first kappa shape index (κ1) is 16.4. The molecule has 3 atom stereocenters. The zero-order valence-corrected chi connectivity index (χ0v) is 12.9. The largest absolute Gasteiger partial charge is 0.378 e. The van der Waals surface area contributed by atoms with Gasteiger partial charge in [-0.1, -0.05) is 27.2 Å². The molecule has 0 saturated carbocycles. The van der Waals surface area contributed by atoms with Gasteiger partial charge in [-0.15, -0.1) is 0 Å². The molecule has 1 aliphatic rings. The SMILES string of the molecule is CCCC1CC(NC(C)C(=O)NCC(C)C)CCO1. The van der Waals surface area contributed by atoms with Crippen molar-refractivity contribution in [1.29, 1.82) is 0 Å². The molecule has 1 heterocycles. The highest BCUT2D eigenvalue weighted by molar-refractivity contribution is 5.81. The summed E-state index contributed by atoms with van der Waals surface area (Å²) in [4.78, 5) is 11.9. The molecule has 0 aliphatic carbocycles. The van der Waals surface area contributed by atoms with Crippen molar-refractivity contribution in [2.75, 3.05) is 13.2 Å². The van der Waals surface area contributed by atoms with Crippen LogP contribution in [0.4, 0.5) is 0 Å². The zero-order valence-electron chi connectivity index (χ0n) is 12.9. The average molecular weight is 270 g/mol. The van der Waals surface area contributed by atoms with Crippen LogP contribution in [-0.4, -0.2) is 37.2 Å². The van der Waals surface area contributed by atoms with E-state index in [0.717, 1.165) is 38.8 Å². The number of rotatable bonds is 7. The molecule has 0 bridgehead atoms. The van der Waals surface area contributed by atoms with Crippen LogP contribution in [0.3, 0.4) is 0 Å². The summed E-state index contributed by atoms with van der Waals surface area (Å²) >= 11 is 0. The standard InChI is InChI=1S/C15H30N2O2/c1-5-6-14-9-13(7-8-19-14)17-12(4)15(18)16-10-11(2)3/h11-14,17H,5-10H2,1-4H3,(H,16,18). The van der Waals surface area contributed by atoms with Gasteiger partial charge in [0.2, 0.25) is 5.91 Å². The fourth-order valence-electron chi connectivity index (χ4n) is 2.44. The van der Waals surface area contributed by atoms with Gasteiger partial charge >= 0.3 is 0 Å². The second kappa shape index (κ2) is 8.54. The monoisotopic (exact) mass is 270 g/mol. The highest BCUT2D eigenvalue weighted by Crippen LogP contribution is 2.18. The van der Waals surface area contributed by atoms with Crippen LogP contribution >= 0.6 is 0 Å². The van der Waals surface area contributed by atoms with E-state index < -0.39 is 0 Å². The van der Waals surface area contributed by atoms with Crippen LogP contribution in [0.2, 0.25) is 0 Å². The van der Waals surface area contributed by atoms with Crippen molar-refractivity contribution in [3.05, 3.63) is 0 Å². The van der Waals surface area contributed by atoms with Crippen LogP contribution in [0.1, 0.15) is 53.4 Å². The molecule has 0 spiro atoms. The van der Waals surface area contributed by atoms with Crippen LogP contribution in [0.15, 0.2) is 0 Å². The highest BCUT2D eigenvalue weighted by atomic mass is 16.5. The third kappa shape index (κ3) is 6.39. The van der Waals surface area contributed by atoms with Gasteiger partial charge in [0.25, 0.3) is 0 Å². The van der Waals surface area contributed by atoms with E-state index in [9.17, 15) is 4.79 Å². The predicted octanol–water partition coefficient (Wildman–Crippen LogP) is 2.08. The summed E-state index contributed by atoms with van der Waals surface area (Å²) in [6.07, 6.45) is 4.66. The van der Waals surface area contributed by atoms with E-state index in [2.05, 4.69) is 31.4 Å². The normalized spacial score (nSPS) is 25.3. The summed E-state index contributed by atoms with van der Waals surface area (Å²) in [5.74, 6) is 0.598. The fraction of sp³-hybridized carbons (Fsp3) is 0.933. The van der Waals surface area contributed by atoms with E-state index in [4.69, 9.17) is 4.74 Å². The average Bonchev–Trinajstić information content (AvgIpc) is 2.36. The quantitative estimate of drug-likeness (QED) is 0.745. The number of nitrogens with one attached hydrogen (secondary N) is 2. The second-order valence-corrected chi connectivity index (χ2v) is 6.03. The Bertz CT molecular complexity index is 267. The van der Waals surface area contributed by atoms with Crippen LogP contribution in [0.5, 0.6) is 0 Å². The molecule has 3 unspecified atom stereocenters. The molecule has 0 aromatic rings. The molecule has 112 valence electrons.